The molecule has 1 fully saturated rings. The Hall–Kier alpha value is -3.93. The molecule has 0 saturated carbocycles. The highest BCUT2D eigenvalue weighted by Crippen LogP contribution is 2.30. The van der Waals surface area contributed by atoms with Crippen molar-refractivity contribution in [2.75, 3.05) is 29.0 Å². The molecule has 9 heteroatoms. The van der Waals surface area contributed by atoms with Gasteiger partial charge in [0.15, 0.2) is 0 Å². The molecular weight excluding hydrogens is 385 g/mol. The highest BCUT2D eigenvalue weighted by atomic mass is 19.1. The second kappa shape index (κ2) is 7.83. The number of hydrogen-bond donors (Lipinski definition) is 3. The van der Waals surface area contributed by atoms with Crippen LogP contribution >= 0.6 is 0 Å². The third kappa shape index (κ3) is 4.07. The number of hydrogen-bond acceptors (Lipinski definition) is 7. The second-order valence-electron chi connectivity index (χ2n) is 7.24. The summed E-state index contributed by atoms with van der Waals surface area (Å²) in [6.07, 6.45) is 0.787. The van der Waals surface area contributed by atoms with Crippen LogP contribution in [-0.4, -0.2) is 35.0 Å². The van der Waals surface area contributed by atoms with Crippen LogP contribution in [0.3, 0.4) is 0 Å². The van der Waals surface area contributed by atoms with Crippen molar-refractivity contribution >= 4 is 40.0 Å². The Bertz CT molecular complexity index is 1170. The van der Waals surface area contributed by atoms with E-state index in [-0.39, 0.29) is 17.9 Å². The molecule has 152 valence electrons. The van der Waals surface area contributed by atoms with Crippen LogP contribution in [-0.2, 0) is 4.79 Å². The Morgan fingerprint density at radius 2 is 2.13 bits per heavy atom. The molecule has 1 atom stereocenters. The van der Waals surface area contributed by atoms with Crippen molar-refractivity contribution in [3.63, 3.8) is 0 Å². The molecule has 0 radical (unpaired) electrons. The summed E-state index contributed by atoms with van der Waals surface area (Å²) >= 11 is 0. The summed E-state index contributed by atoms with van der Waals surface area (Å²) in [6, 6.07) is 11.3. The Kier molecular flexibility index (Phi) is 5.06. The monoisotopic (exact) mass is 405 g/mol. The summed E-state index contributed by atoms with van der Waals surface area (Å²) in [5.74, 6) is 0.445. The van der Waals surface area contributed by atoms with Gasteiger partial charge in [-0.05, 0) is 36.8 Å². The van der Waals surface area contributed by atoms with E-state index in [4.69, 9.17) is 11.0 Å². The first-order valence-corrected chi connectivity index (χ1v) is 9.48. The number of amides is 1. The summed E-state index contributed by atoms with van der Waals surface area (Å²) in [5, 5.41) is 15.9. The zero-order chi connectivity index (χ0) is 21.3. The molecule has 0 bridgehead atoms. The van der Waals surface area contributed by atoms with Gasteiger partial charge in [0, 0.05) is 48.9 Å². The van der Waals surface area contributed by atoms with E-state index in [1.54, 1.807) is 24.3 Å². The third-order valence-electron chi connectivity index (χ3n) is 4.87. The van der Waals surface area contributed by atoms with E-state index in [9.17, 15) is 9.18 Å². The number of nitrogens with zero attached hydrogens (tertiary/aromatic N) is 4. The number of anilines is 4. The van der Waals surface area contributed by atoms with Crippen LogP contribution in [0.5, 0.6) is 0 Å². The first-order chi connectivity index (χ1) is 14.4. The van der Waals surface area contributed by atoms with E-state index in [0.29, 0.717) is 41.4 Å². The zero-order valence-electron chi connectivity index (χ0n) is 16.3. The molecule has 4 rings (SSSR count). The maximum absolute atomic E-state index is 13.9. The summed E-state index contributed by atoms with van der Waals surface area (Å²) in [4.78, 5) is 22.5. The van der Waals surface area contributed by atoms with Crippen molar-refractivity contribution in [3.05, 3.63) is 47.8 Å². The van der Waals surface area contributed by atoms with Crippen LogP contribution < -0.4 is 21.3 Å². The molecule has 1 aliphatic rings. The van der Waals surface area contributed by atoms with E-state index in [2.05, 4.69) is 26.7 Å². The number of rotatable bonds is 4. The third-order valence-corrected chi connectivity index (χ3v) is 4.87. The lowest BCUT2D eigenvalue weighted by Gasteiger charge is -2.20. The number of nitrogen functional groups attached to an aromatic ring is 1. The van der Waals surface area contributed by atoms with Crippen LogP contribution in [0.15, 0.2) is 36.4 Å². The van der Waals surface area contributed by atoms with Gasteiger partial charge in [0.1, 0.15) is 11.6 Å². The van der Waals surface area contributed by atoms with Crippen LogP contribution in [0, 0.1) is 17.1 Å². The second-order valence-corrected chi connectivity index (χ2v) is 7.24. The van der Waals surface area contributed by atoms with Crippen LogP contribution in [0.1, 0.15) is 18.9 Å². The van der Waals surface area contributed by atoms with E-state index in [1.807, 2.05) is 4.90 Å². The van der Waals surface area contributed by atoms with Gasteiger partial charge in [-0.25, -0.2) is 9.37 Å². The number of benzene rings is 2. The van der Waals surface area contributed by atoms with Crippen molar-refractivity contribution in [1.29, 1.82) is 5.26 Å². The lowest BCUT2D eigenvalue weighted by Crippen LogP contribution is -2.35. The average molecular weight is 405 g/mol. The molecule has 0 aliphatic carbocycles. The molecule has 3 aromatic rings. The van der Waals surface area contributed by atoms with E-state index < -0.39 is 5.82 Å². The van der Waals surface area contributed by atoms with Crippen molar-refractivity contribution < 1.29 is 9.18 Å². The highest BCUT2D eigenvalue weighted by molar-refractivity contribution is 5.91. The first kappa shape index (κ1) is 19.4. The predicted octanol–water partition coefficient (Wildman–Crippen LogP) is 2.68. The van der Waals surface area contributed by atoms with Gasteiger partial charge in [-0.15, -0.1) is 0 Å². The van der Waals surface area contributed by atoms with Crippen molar-refractivity contribution in [3.8, 4) is 6.07 Å². The number of nitriles is 1. The number of aromatic nitrogens is 2. The van der Waals surface area contributed by atoms with Gasteiger partial charge in [-0.3, -0.25) is 4.79 Å². The Balaban J connectivity index is 1.72. The van der Waals surface area contributed by atoms with Gasteiger partial charge in [0.2, 0.25) is 11.9 Å². The Morgan fingerprint density at radius 3 is 2.90 bits per heavy atom. The summed E-state index contributed by atoms with van der Waals surface area (Å²) in [6.45, 7) is 2.79. The smallest absolute Gasteiger partial charge is 0.229 e. The molecule has 1 saturated heterocycles. The van der Waals surface area contributed by atoms with Crippen LogP contribution in [0.25, 0.3) is 10.9 Å². The van der Waals surface area contributed by atoms with Gasteiger partial charge in [-0.2, -0.15) is 10.2 Å². The Morgan fingerprint density at radius 1 is 1.30 bits per heavy atom. The minimum absolute atomic E-state index is 0.0245. The number of carbonyl (C=O) groups is 1. The van der Waals surface area contributed by atoms with E-state index in [0.717, 1.165) is 11.8 Å². The SMILES string of the molecule is CC(=O)NC1CCN(c2nc(Nc3cc(N)cc(C#N)c3)nc3cc(F)ccc23)C1. The number of nitrogens with two attached hydrogens (primary N) is 1. The standard InChI is InChI=1S/C21H20FN7O/c1-12(30)25-16-4-5-29(11-16)20-18-3-2-14(22)8-19(18)27-21(28-20)26-17-7-13(10-23)6-15(24)9-17/h2-3,6-9,16H,4-5,11,24H2,1H3,(H,25,30)(H,26,27,28). The number of fused-ring (bicyclic) bond motifs is 1. The number of nitrogens with one attached hydrogen (secondary N) is 2. The van der Waals surface area contributed by atoms with Gasteiger partial charge >= 0.3 is 0 Å². The fourth-order valence-corrected chi connectivity index (χ4v) is 3.66. The molecule has 1 unspecified atom stereocenters. The molecule has 0 spiro atoms. The molecule has 1 amide bonds. The molecule has 30 heavy (non-hydrogen) atoms. The summed E-state index contributed by atoms with van der Waals surface area (Å²) in [7, 11) is 0. The minimum Gasteiger partial charge on any atom is -0.399 e. The topological polar surface area (TPSA) is 120 Å². The summed E-state index contributed by atoms with van der Waals surface area (Å²) < 4.78 is 13.9. The van der Waals surface area contributed by atoms with Gasteiger partial charge < -0.3 is 21.3 Å². The average Bonchev–Trinajstić information content (AvgIpc) is 3.14. The van der Waals surface area contributed by atoms with Crippen molar-refractivity contribution in [1.82, 2.24) is 15.3 Å². The largest absolute Gasteiger partial charge is 0.399 e. The van der Waals surface area contributed by atoms with Crippen molar-refractivity contribution in [2.45, 2.75) is 19.4 Å². The van der Waals surface area contributed by atoms with Crippen LogP contribution in [0.2, 0.25) is 0 Å². The number of halogens is 1. The van der Waals surface area contributed by atoms with Gasteiger partial charge in [0.25, 0.3) is 0 Å². The molecule has 1 aliphatic heterocycles. The van der Waals surface area contributed by atoms with E-state index in [1.165, 1.54) is 19.1 Å². The molecule has 4 N–H and O–H groups in total. The van der Waals surface area contributed by atoms with Crippen LogP contribution in [0.4, 0.5) is 27.5 Å². The molecule has 2 heterocycles. The van der Waals surface area contributed by atoms with Gasteiger partial charge in [0.05, 0.1) is 17.1 Å². The fraction of sp³-hybridized carbons (Fsp3) is 0.238. The molecule has 8 nitrogen and oxygen atoms in total. The Labute approximate surface area is 172 Å². The minimum atomic E-state index is -0.397. The molecule has 2 aromatic carbocycles. The zero-order valence-corrected chi connectivity index (χ0v) is 16.3. The molecule has 1 aromatic heterocycles. The highest BCUT2D eigenvalue weighted by Gasteiger charge is 2.26. The first-order valence-electron chi connectivity index (χ1n) is 9.48. The molecular formula is C21H20FN7O. The summed E-state index contributed by atoms with van der Waals surface area (Å²) in [5.41, 5.74) is 7.71. The lowest BCUT2D eigenvalue weighted by molar-refractivity contribution is -0.119. The lowest BCUT2D eigenvalue weighted by atomic mass is 10.2. The normalized spacial score (nSPS) is 15.8. The maximum Gasteiger partial charge on any atom is 0.229 e. The van der Waals surface area contributed by atoms with Gasteiger partial charge in [-0.1, -0.05) is 0 Å². The fourth-order valence-electron chi connectivity index (χ4n) is 3.66. The predicted molar refractivity (Wildman–Crippen MR) is 113 cm³/mol. The maximum atomic E-state index is 13.9. The number of carbonyl (C=O) groups excluding carboxylic acids is 1. The van der Waals surface area contributed by atoms with Crippen molar-refractivity contribution in [2.24, 2.45) is 0 Å². The quantitative estimate of drug-likeness (QED) is 0.571. The van der Waals surface area contributed by atoms with E-state index >= 15 is 0 Å².